The van der Waals surface area contributed by atoms with Gasteiger partial charge in [-0.25, -0.2) is 27.7 Å². The zero-order chi connectivity index (χ0) is 37.2. The summed E-state index contributed by atoms with van der Waals surface area (Å²) in [5.74, 6) is -16.1. The summed E-state index contributed by atoms with van der Waals surface area (Å²) in [5.41, 5.74) is -0.565. The van der Waals surface area contributed by atoms with Crippen molar-refractivity contribution in [1.82, 2.24) is 25.4 Å². The molecular weight excluding hydrogens is 677 g/mol. The quantitative estimate of drug-likeness (QED) is 0.0541. The molecular formula is C32H44F5N5O6S. The third-order valence-corrected chi connectivity index (χ3v) is 8.89. The average molecular weight is 722 g/mol. The van der Waals surface area contributed by atoms with Gasteiger partial charge in [0.1, 0.15) is 11.0 Å². The Morgan fingerprint density at radius 2 is 1.53 bits per heavy atom. The molecule has 11 nitrogen and oxygen atoms in total. The van der Waals surface area contributed by atoms with Gasteiger partial charge < -0.3 is 29.9 Å². The van der Waals surface area contributed by atoms with Gasteiger partial charge in [0.15, 0.2) is 11.8 Å². The number of thiazole rings is 1. The van der Waals surface area contributed by atoms with Crippen molar-refractivity contribution in [3.8, 4) is 5.75 Å². The minimum atomic E-state index is -2.42. The fourth-order valence-corrected chi connectivity index (χ4v) is 5.69. The molecule has 0 aliphatic rings. The van der Waals surface area contributed by atoms with Crippen molar-refractivity contribution in [2.75, 3.05) is 34.7 Å². The fourth-order valence-electron chi connectivity index (χ4n) is 4.86. The predicted octanol–water partition coefficient (Wildman–Crippen LogP) is 5.59. The van der Waals surface area contributed by atoms with Crippen LogP contribution in [0.2, 0.25) is 0 Å². The Hall–Kier alpha value is -3.86. The van der Waals surface area contributed by atoms with E-state index >= 15 is 0 Å². The van der Waals surface area contributed by atoms with Crippen LogP contribution in [-0.4, -0.2) is 85.5 Å². The number of likely N-dealkylation sites (N-methyl/N-ethyl adjacent to an activating group) is 1. The number of carbonyl (C=O) groups is 4. The number of rotatable bonds is 17. The molecule has 4 atom stereocenters. The Bertz CT molecular complexity index is 1450. The molecule has 1 unspecified atom stereocenters. The molecule has 2 aromatic rings. The van der Waals surface area contributed by atoms with Crippen LogP contribution in [0.25, 0.3) is 0 Å². The smallest absolute Gasteiger partial charge is 0.407 e. The van der Waals surface area contributed by atoms with Gasteiger partial charge >= 0.3 is 12.1 Å². The monoisotopic (exact) mass is 721 g/mol. The molecule has 0 saturated heterocycles. The SMILES string of the molecule is CC[C@H](C)[C@H](NC(=O)CCCCN(C)C)C(=O)N(C)C(C[C@@H](OC(=O)NC)c1nc(C(=O)Oc2c(F)c(F)c(F)c(F)c2F)cs1)C(C)C. The number of amides is 3. The molecule has 0 bridgehead atoms. The van der Waals surface area contributed by atoms with Gasteiger partial charge in [0.2, 0.25) is 46.6 Å². The molecule has 1 aromatic carbocycles. The van der Waals surface area contributed by atoms with Gasteiger partial charge in [0, 0.05) is 38.4 Å². The molecule has 17 heteroatoms. The highest BCUT2D eigenvalue weighted by molar-refractivity contribution is 7.09. The Morgan fingerprint density at radius 3 is 2.06 bits per heavy atom. The summed E-state index contributed by atoms with van der Waals surface area (Å²) in [6.07, 6.45) is 0.253. The number of nitrogens with zero attached hydrogens (tertiary/aromatic N) is 3. The number of halogens is 5. The van der Waals surface area contributed by atoms with Crippen molar-refractivity contribution >= 4 is 35.2 Å². The van der Waals surface area contributed by atoms with Crippen molar-refractivity contribution in [3.63, 3.8) is 0 Å². The van der Waals surface area contributed by atoms with E-state index in [1.54, 1.807) is 7.05 Å². The lowest BCUT2D eigenvalue weighted by atomic mass is 9.93. The molecule has 2 N–H and O–H groups in total. The largest absolute Gasteiger partial charge is 0.439 e. The number of unbranched alkanes of at least 4 members (excludes halogenated alkanes) is 1. The van der Waals surface area contributed by atoms with Crippen molar-refractivity contribution < 1.29 is 50.6 Å². The van der Waals surface area contributed by atoms with Crippen LogP contribution in [0.15, 0.2) is 5.38 Å². The van der Waals surface area contributed by atoms with Crippen LogP contribution in [0, 0.1) is 40.9 Å². The first-order valence-corrected chi connectivity index (χ1v) is 16.6. The first-order chi connectivity index (χ1) is 22.9. The van der Waals surface area contributed by atoms with Crippen molar-refractivity contribution in [1.29, 1.82) is 0 Å². The minimum absolute atomic E-state index is 0.0176. The van der Waals surface area contributed by atoms with Gasteiger partial charge in [0.25, 0.3) is 0 Å². The van der Waals surface area contributed by atoms with Gasteiger partial charge in [-0.1, -0.05) is 34.1 Å². The molecule has 3 amide bonds. The molecule has 274 valence electrons. The molecule has 0 aliphatic carbocycles. The second-order valence-electron chi connectivity index (χ2n) is 12.2. The van der Waals surface area contributed by atoms with Crippen LogP contribution in [-0.2, 0) is 14.3 Å². The number of hydrogen-bond acceptors (Lipinski definition) is 9. The van der Waals surface area contributed by atoms with E-state index in [0.717, 1.165) is 29.7 Å². The number of nitrogens with one attached hydrogen (secondary N) is 2. The van der Waals surface area contributed by atoms with Gasteiger partial charge in [0.05, 0.1) is 0 Å². The highest BCUT2D eigenvalue weighted by Gasteiger charge is 2.36. The maximum absolute atomic E-state index is 14.1. The Morgan fingerprint density at radius 1 is 0.939 bits per heavy atom. The van der Waals surface area contributed by atoms with Gasteiger partial charge in [-0.15, -0.1) is 11.3 Å². The van der Waals surface area contributed by atoms with Crippen LogP contribution in [0.5, 0.6) is 5.75 Å². The maximum atomic E-state index is 14.1. The summed E-state index contributed by atoms with van der Waals surface area (Å²) in [7, 11) is 6.76. The molecule has 0 spiro atoms. The van der Waals surface area contributed by atoms with E-state index in [4.69, 9.17) is 4.74 Å². The van der Waals surface area contributed by atoms with Crippen molar-refractivity contribution in [2.45, 2.75) is 78.0 Å². The molecule has 2 rings (SSSR count). The lowest BCUT2D eigenvalue weighted by molar-refractivity contribution is -0.140. The average Bonchev–Trinajstić information content (AvgIpc) is 3.56. The first kappa shape index (κ1) is 41.3. The number of hydrogen-bond donors (Lipinski definition) is 2. The van der Waals surface area contributed by atoms with E-state index in [9.17, 15) is 41.1 Å². The van der Waals surface area contributed by atoms with E-state index < -0.39 is 70.8 Å². The van der Waals surface area contributed by atoms with E-state index in [1.165, 1.54) is 11.9 Å². The summed E-state index contributed by atoms with van der Waals surface area (Å²) >= 11 is 0.798. The topological polar surface area (TPSA) is 130 Å². The minimum Gasteiger partial charge on any atom is -0.439 e. The molecule has 1 aromatic heterocycles. The van der Waals surface area contributed by atoms with E-state index in [-0.39, 0.29) is 41.5 Å². The second kappa shape index (κ2) is 18.8. The standard InChI is InChI=1S/C32H44F5N5O6S/c1-9-17(4)27(40-21(43)12-10-11-13-41(6)7)30(44)42(8)19(16(2)3)14-20(47-32(46)38-5)29-39-18(15-49-29)31(45)48-28-25(36)23(34)22(33)24(35)26(28)37/h15-17,19-20,27H,9-14H2,1-8H3,(H,38,46)(H,40,43)/t17-,19?,20+,27-/m0/s1. The maximum Gasteiger partial charge on any atom is 0.407 e. The van der Waals surface area contributed by atoms with Gasteiger partial charge in [-0.2, -0.15) is 8.78 Å². The van der Waals surface area contributed by atoms with Gasteiger partial charge in [-0.05, 0) is 45.3 Å². The normalized spacial score (nSPS) is 13.9. The number of carbonyl (C=O) groups excluding carboxylic acids is 4. The zero-order valence-electron chi connectivity index (χ0n) is 28.8. The van der Waals surface area contributed by atoms with Crippen LogP contribution in [0.1, 0.15) is 81.4 Å². The van der Waals surface area contributed by atoms with E-state index in [2.05, 4.69) is 20.4 Å². The van der Waals surface area contributed by atoms with Crippen molar-refractivity contribution in [3.05, 3.63) is 45.2 Å². The number of aromatic nitrogens is 1. The Kier molecular flexibility index (Phi) is 15.8. The van der Waals surface area contributed by atoms with Crippen LogP contribution in [0.3, 0.4) is 0 Å². The number of alkyl carbamates (subject to hydrolysis) is 1. The highest BCUT2D eigenvalue weighted by Crippen LogP contribution is 2.33. The second-order valence-corrected chi connectivity index (χ2v) is 13.1. The highest BCUT2D eigenvalue weighted by atomic mass is 32.1. The van der Waals surface area contributed by atoms with Crippen molar-refractivity contribution in [2.24, 2.45) is 11.8 Å². The lowest BCUT2D eigenvalue weighted by Gasteiger charge is -2.37. The van der Waals surface area contributed by atoms with Gasteiger partial charge in [-0.3, -0.25) is 9.59 Å². The molecule has 49 heavy (non-hydrogen) atoms. The molecule has 0 saturated carbocycles. The third kappa shape index (κ3) is 11.1. The molecule has 0 radical (unpaired) electrons. The number of ether oxygens (including phenoxy) is 2. The van der Waals surface area contributed by atoms with Crippen LogP contribution in [0.4, 0.5) is 26.7 Å². The molecule has 1 heterocycles. The summed E-state index contributed by atoms with van der Waals surface area (Å²) in [6, 6.07) is -1.43. The summed E-state index contributed by atoms with van der Waals surface area (Å²) in [5, 5.41) is 6.31. The van der Waals surface area contributed by atoms with Crippen LogP contribution >= 0.6 is 11.3 Å². The van der Waals surface area contributed by atoms with E-state index in [1.807, 2.05) is 46.7 Å². The fraction of sp³-hybridized carbons (Fsp3) is 0.594. The number of benzene rings is 1. The Labute approximate surface area is 286 Å². The lowest BCUT2D eigenvalue weighted by Crippen LogP contribution is -2.54. The Balaban J connectivity index is 2.33. The summed E-state index contributed by atoms with van der Waals surface area (Å²) < 4.78 is 78.9. The summed E-state index contributed by atoms with van der Waals surface area (Å²) in [4.78, 5) is 59.3. The zero-order valence-corrected chi connectivity index (χ0v) is 29.6. The van der Waals surface area contributed by atoms with Crippen LogP contribution < -0.4 is 15.4 Å². The van der Waals surface area contributed by atoms with E-state index in [0.29, 0.717) is 12.8 Å². The molecule has 0 fully saturated rings. The first-order valence-electron chi connectivity index (χ1n) is 15.7. The third-order valence-electron chi connectivity index (χ3n) is 7.95. The number of esters is 1. The predicted molar refractivity (Wildman–Crippen MR) is 171 cm³/mol. The molecule has 0 aliphatic heterocycles. The summed E-state index contributed by atoms with van der Waals surface area (Å²) in [6.45, 7) is 8.25.